The van der Waals surface area contributed by atoms with Crippen LogP contribution < -0.4 is 10.1 Å². The average molecular weight is 278 g/mol. The van der Waals surface area contributed by atoms with E-state index in [4.69, 9.17) is 4.74 Å². The van der Waals surface area contributed by atoms with Crippen molar-refractivity contribution in [3.8, 4) is 11.5 Å². The molecular formula is C18H18N2O. The summed E-state index contributed by atoms with van der Waals surface area (Å²) in [5.74, 6) is 2.27. The van der Waals surface area contributed by atoms with Crippen LogP contribution in [0.5, 0.6) is 11.5 Å². The minimum Gasteiger partial charge on any atom is -0.456 e. The molecule has 1 aromatic heterocycles. The minimum atomic E-state index is 0.623. The summed E-state index contributed by atoms with van der Waals surface area (Å²) >= 11 is 0. The van der Waals surface area contributed by atoms with Crippen LogP contribution in [0.2, 0.25) is 0 Å². The van der Waals surface area contributed by atoms with Gasteiger partial charge in [-0.2, -0.15) is 0 Å². The molecule has 0 saturated carbocycles. The zero-order chi connectivity index (χ0) is 14.1. The summed E-state index contributed by atoms with van der Waals surface area (Å²) in [6.45, 7) is 1.08. The molecule has 0 amide bonds. The van der Waals surface area contributed by atoms with E-state index in [9.17, 15) is 0 Å². The SMILES string of the molecule is C1=C(c2cncc(Oc3ccccc3)c2)C2CNC(C1)C2. The molecule has 106 valence electrons. The molecule has 0 spiro atoms. The Balaban J connectivity index is 1.60. The van der Waals surface area contributed by atoms with Crippen LogP contribution in [0, 0.1) is 5.92 Å². The first-order valence-corrected chi connectivity index (χ1v) is 7.50. The van der Waals surface area contributed by atoms with Gasteiger partial charge in [-0.05, 0) is 48.1 Å². The molecule has 3 heteroatoms. The molecule has 2 heterocycles. The summed E-state index contributed by atoms with van der Waals surface area (Å²) in [5.41, 5.74) is 2.61. The Bertz CT molecular complexity index is 666. The zero-order valence-electron chi connectivity index (χ0n) is 11.8. The van der Waals surface area contributed by atoms with Crippen molar-refractivity contribution < 1.29 is 4.74 Å². The van der Waals surface area contributed by atoms with Gasteiger partial charge in [-0.15, -0.1) is 0 Å². The summed E-state index contributed by atoms with van der Waals surface area (Å²) in [5, 5.41) is 3.57. The number of hydrogen-bond donors (Lipinski definition) is 1. The van der Waals surface area contributed by atoms with E-state index in [0.717, 1.165) is 24.5 Å². The largest absolute Gasteiger partial charge is 0.456 e. The molecule has 2 bridgehead atoms. The molecule has 1 aromatic carbocycles. The maximum Gasteiger partial charge on any atom is 0.146 e. The lowest BCUT2D eigenvalue weighted by Crippen LogP contribution is -2.19. The molecule has 1 saturated heterocycles. The first kappa shape index (κ1) is 12.6. The van der Waals surface area contributed by atoms with E-state index in [0.29, 0.717) is 12.0 Å². The first-order valence-electron chi connectivity index (χ1n) is 7.50. The summed E-state index contributed by atoms with van der Waals surface area (Å²) < 4.78 is 5.88. The molecule has 2 unspecified atom stereocenters. The molecule has 1 aliphatic carbocycles. The Morgan fingerprint density at radius 2 is 2.00 bits per heavy atom. The molecule has 1 N–H and O–H groups in total. The molecule has 2 atom stereocenters. The van der Waals surface area contributed by atoms with Crippen molar-refractivity contribution in [2.45, 2.75) is 18.9 Å². The first-order chi connectivity index (χ1) is 10.4. The zero-order valence-corrected chi connectivity index (χ0v) is 11.8. The Hall–Kier alpha value is -2.13. The molecular weight excluding hydrogens is 260 g/mol. The summed E-state index contributed by atoms with van der Waals surface area (Å²) in [6, 6.07) is 12.6. The molecule has 3 nitrogen and oxygen atoms in total. The van der Waals surface area contributed by atoms with Crippen molar-refractivity contribution >= 4 is 5.57 Å². The molecule has 2 aliphatic rings. The van der Waals surface area contributed by atoms with E-state index in [1.165, 1.54) is 17.6 Å². The molecule has 1 aliphatic heterocycles. The minimum absolute atomic E-state index is 0.623. The van der Waals surface area contributed by atoms with Crippen LogP contribution in [-0.2, 0) is 0 Å². The lowest BCUT2D eigenvalue weighted by atomic mass is 9.85. The van der Waals surface area contributed by atoms with Gasteiger partial charge in [0.1, 0.15) is 11.5 Å². The average Bonchev–Trinajstić information content (AvgIpc) is 2.90. The van der Waals surface area contributed by atoms with E-state index < -0.39 is 0 Å². The van der Waals surface area contributed by atoms with Crippen LogP contribution in [0.4, 0.5) is 0 Å². The smallest absolute Gasteiger partial charge is 0.146 e. The second-order valence-corrected chi connectivity index (χ2v) is 5.76. The van der Waals surface area contributed by atoms with Crippen LogP contribution in [0.3, 0.4) is 0 Å². The van der Waals surface area contributed by atoms with E-state index in [-0.39, 0.29) is 0 Å². The maximum absolute atomic E-state index is 5.88. The van der Waals surface area contributed by atoms with Crippen LogP contribution in [-0.4, -0.2) is 17.6 Å². The van der Waals surface area contributed by atoms with Crippen LogP contribution in [0.15, 0.2) is 54.9 Å². The van der Waals surface area contributed by atoms with Gasteiger partial charge in [0.25, 0.3) is 0 Å². The van der Waals surface area contributed by atoms with Gasteiger partial charge >= 0.3 is 0 Å². The summed E-state index contributed by atoms with van der Waals surface area (Å²) in [4.78, 5) is 4.35. The van der Waals surface area contributed by atoms with Crippen LogP contribution in [0.1, 0.15) is 18.4 Å². The fraction of sp³-hybridized carbons (Fsp3) is 0.278. The number of benzene rings is 1. The van der Waals surface area contributed by atoms with Gasteiger partial charge in [0, 0.05) is 18.8 Å². The van der Waals surface area contributed by atoms with Gasteiger partial charge in [-0.3, -0.25) is 4.98 Å². The Morgan fingerprint density at radius 1 is 1.10 bits per heavy atom. The highest BCUT2D eigenvalue weighted by Gasteiger charge is 2.30. The molecule has 21 heavy (non-hydrogen) atoms. The number of pyridine rings is 1. The third-order valence-corrected chi connectivity index (χ3v) is 4.31. The van der Waals surface area contributed by atoms with Crippen molar-refractivity contribution in [2.75, 3.05) is 6.54 Å². The highest BCUT2D eigenvalue weighted by atomic mass is 16.5. The fourth-order valence-electron chi connectivity index (χ4n) is 3.28. The van der Waals surface area contributed by atoms with Crippen molar-refractivity contribution in [3.05, 3.63) is 60.4 Å². The number of nitrogens with zero attached hydrogens (tertiary/aromatic N) is 1. The maximum atomic E-state index is 5.88. The molecule has 2 aromatic rings. The van der Waals surface area contributed by atoms with Gasteiger partial charge in [-0.1, -0.05) is 24.3 Å². The van der Waals surface area contributed by atoms with E-state index in [1.54, 1.807) is 6.20 Å². The third kappa shape index (κ3) is 2.57. The van der Waals surface area contributed by atoms with Crippen molar-refractivity contribution in [3.63, 3.8) is 0 Å². The number of aromatic nitrogens is 1. The fourth-order valence-corrected chi connectivity index (χ4v) is 3.28. The predicted molar refractivity (Wildman–Crippen MR) is 83.2 cm³/mol. The summed E-state index contributed by atoms with van der Waals surface area (Å²) in [6.07, 6.45) is 8.45. The molecule has 4 rings (SSSR count). The Kier molecular flexibility index (Phi) is 3.20. The number of rotatable bonds is 3. The lowest BCUT2D eigenvalue weighted by Gasteiger charge is -2.20. The topological polar surface area (TPSA) is 34.1 Å². The van der Waals surface area contributed by atoms with E-state index in [1.807, 2.05) is 36.5 Å². The van der Waals surface area contributed by atoms with Crippen LogP contribution in [0.25, 0.3) is 5.57 Å². The second-order valence-electron chi connectivity index (χ2n) is 5.76. The van der Waals surface area contributed by atoms with Gasteiger partial charge in [0.15, 0.2) is 0 Å². The number of hydrogen-bond acceptors (Lipinski definition) is 3. The monoisotopic (exact) mass is 278 g/mol. The molecule has 1 fully saturated rings. The van der Waals surface area contributed by atoms with Gasteiger partial charge in [-0.25, -0.2) is 0 Å². The third-order valence-electron chi connectivity index (χ3n) is 4.31. The standard InChI is InChI=1S/C18H18N2O/c1-2-4-16(5-3-1)21-17-9-14(10-19-12-17)18-7-6-15-8-13(18)11-20-15/h1-5,7,9-10,12-13,15,20H,6,8,11H2. The summed E-state index contributed by atoms with van der Waals surface area (Å²) in [7, 11) is 0. The highest BCUT2D eigenvalue weighted by Crippen LogP contribution is 2.37. The lowest BCUT2D eigenvalue weighted by molar-refractivity contribution is 0.480. The Morgan fingerprint density at radius 3 is 2.90 bits per heavy atom. The predicted octanol–water partition coefficient (Wildman–Crippen LogP) is 3.64. The van der Waals surface area contributed by atoms with Crippen LogP contribution >= 0.6 is 0 Å². The normalized spacial score (nSPS) is 23.7. The van der Waals surface area contributed by atoms with Gasteiger partial charge < -0.3 is 10.1 Å². The quantitative estimate of drug-likeness (QED) is 0.930. The van der Waals surface area contributed by atoms with Gasteiger partial charge in [0.05, 0.1) is 6.20 Å². The number of ether oxygens (including phenoxy) is 1. The van der Waals surface area contributed by atoms with Crippen molar-refractivity contribution in [1.29, 1.82) is 0 Å². The van der Waals surface area contributed by atoms with Crippen molar-refractivity contribution in [1.82, 2.24) is 10.3 Å². The molecule has 0 radical (unpaired) electrons. The van der Waals surface area contributed by atoms with E-state index in [2.05, 4.69) is 22.4 Å². The Labute approximate surface area is 124 Å². The van der Waals surface area contributed by atoms with Crippen molar-refractivity contribution in [2.24, 2.45) is 5.92 Å². The number of para-hydroxylation sites is 1. The second kappa shape index (κ2) is 5.34. The van der Waals surface area contributed by atoms with E-state index >= 15 is 0 Å². The number of nitrogens with one attached hydrogen (secondary N) is 1. The number of fused-ring (bicyclic) bond motifs is 2. The highest BCUT2D eigenvalue weighted by molar-refractivity contribution is 5.69. The van der Waals surface area contributed by atoms with Gasteiger partial charge in [0.2, 0.25) is 0 Å².